The average molecular weight is 414 g/mol. The topological polar surface area (TPSA) is 35.6 Å². The Hall–Kier alpha value is -1.73. The van der Waals surface area contributed by atoms with E-state index < -0.39 is 5.82 Å². The molecule has 1 saturated heterocycles. The molecule has 1 fully saturated rings. The molecule has 0 radical (unpaired) electrons. The molecule has 0 atom stereocenters. The predicted octanol–water partition coefficient (Wildman–Crippen LogP) is 4.03. The first kappa shape index (κ1) is 20.0. The van der Waals surface area contributed by atoms with Gasteiger partial charge in [-0.2, -0.15) is 0 Å². The van der Waals surface area contributed by atoms with Crippen LogP contribution in [-0.4, -0.2) is 48.4 Å². The van der Waals surface area contributed by atoms with E-state index in [1.165, 1.54) is 18.2 Å². The predicted molar refractivity (Wildman–Crippen MR) is 103 cm³/mol. The smallest absolute Gasteiger partial charge is 0.238 e. The van der Waals surface area contributed by atoms with E-state index in [9.17, 15) is 13.6 Å². The lowest BCUT2D eigenvalue weighted by atomic mass is 10.2. The summed E-state index contributed by atoms with van der Waals surface area (Å²) in [6.45, 7) is 3.41. The number of benzene rings is 2. The maximum atomic E-state index is 13.9. The minimum atomic E-state index is -0.455. The molecule has 0 saturated carbocycles. The Bertz CT molecular complexity index is 806. The molecule has 1 N–H and O–H groups in total. The van der Waals surface area contributed by atoms with Crippen molar-refractivity contribution in [2.24, 2.45) is 0 Å². The van der Waals surface area contributed by atoms with Crippen molar-refractivity contribution in [1.29, 1.82) is 0 Å². The number of halogens is 4. The second-order valence-corrected chi connectivity index (χ2v) is 7.24. The molecule has 1 heterocycles. The van der Waals surface area contributed by atoms with Crippen molar-refractivity contribution in [2.45, 2.75) is 6.54 Å². The molecule has 0 bridgehead atoms. The molecule has 0 aromatic heterocycles. The van der Waals surface area contributed by atoms with E-state index >= 15 is 0 Å². The third-order valence-electron chi connectivity index (χ3n) is 4.48. The Morgan fingerprint density at radius 1 is 1.00 bits per heavy atom. The number of piperazine rings is 1. The average Bonchev–Trinajstić information content (AvgIpc) is 2.62. The molecule has 1 amide bonds. The number of nitrogens with one attached hydrogen (secondary N) is 1. The molecule has 3 rings (SSSR count). The molecule has 0 unspecified atom stereocenters. The monoisotopic (exact) mass is 413 g/mol. The lowest BCUT2D eigenvalue weighted by molar-refractivity contribution is -0.117. The largest absolute Gasteiger partial charge is 0.324 e. The van der Waals surface area contributed by atoms with Gasteiger partial charge in [-0.15, -0.1) is 0 Å². The fraction of sp³-hybridized carbons (Fsp3) is 0.316. The highest BCUT2D eigenvalue weighted by molar-refractivity contribution is 6.33. The molecule has 1 aliphatic rings. The van der Waals surface area contributed by atoms with Gasteiger partial charge >= 0.3 is 0 Å². The number of amides is 1. The van der Waals surface area contributed by atoms with Gasteiger partial charge in [0.15, 0.2) is 0 Å². The number of hydrogen-bond donors (Lipinski definition) is 1. The van der Waals surface area contributed by atoms with E-state index in [1.807, 2.05) is 4.90 Å². The molecular weight excluding hydrogens is 395 g/mol. The first-order valence-electron chi connectivity index (χ1n) is 8.55. The van der Waals surface area contributed by atoms with Crippen molar-refractivity contribution in [3.63, 3.8) is 0 Å². The fourth-order valence-electron chi connectivity index (χ4n) is 3.00. The van der Waals surface area contributed by atoms with Crippen LogP contribution in [-0.2, 0) is 11.3 Å². The summed E-state index contributed by atoms with van der Waals surface area (Å²) in [5, 5.41) is 3.28. The molecule has 27 heavy (non-hydrogen) atoms. The van der Waals surface area contributed by atoms with E-state index in [2.05, 4.69) is 10.2 Å². The SMILES string of the molecule is O=C(CN1CCN(Cc2c(F)cccc2Cl)CC1)Nc1ccc(F)cc1Cl. The summed E-state index contributed by atoms with van der Waals surface area (Å²) in [5.74, 6) is -0.973. The minimum Gasteiger partial charge on any atom is -0.324 e. The van der Waals surface area contributed by atoms with Crippen molar-refractivity contribution < 1.29 is 13.6 Å². The third kappa shape index (κ3) is 5.39. The zero-order chi connectivity index (χ0) is 19.4. The van der Waals surface area contributed by atoms with Gasteiger partial charge in [-0.3, -0.25) is 14.6 Å². The lowest BCUT2D eigenvalue weighted by Gasteiger charge is -2.34. The number of rotatable bonds is 5. The van der Waals surface area contributed by atoms with E-state index in [4.69, 9.17) is 23.2 Å². The van der Waals surface area contributed by atoms with Crippen molar-refractivity contribution in [3.05, 3.63) is 63.6 Å². The molecule has 8 heteroatoms. The fourth-order valence-corrected chi connectivity index (χ4v) is 3.43. The van der Waals surface area contributed by atoms with Crippen LogP contribution in [0.25, 0.3) is 0 Å². The van der Waals surface area contributed by atoms with Gasteiger partial charge in [0.25, 0.3) is 0 Å². The first-order chi connectivity index (χ1) is 12.9. The van der Waals surface area contributed by atoms with Gasteiger partial charge in [-0.1, -0.05) is 29.3 Å². The van der Waals surface area contributed by atoms with Gasteiger partial charge in [-0.25, -0.2) is 8.78 Å². The Kier molecular flexibility index (Phi) is 6.65. The maximum absolute atomic E-state index is 13.9. The van der Waals surface area contributed by atoms with Crippen LogP contribution in [0.1, 0.15) is 5.56 Å². The molecule has 2 aromatic carbocycles. The van der Waals surface area contributed by atoms with E-state index in [0.717, 1.165) is 6.07 Å². The molecule has 4 nitrogen and oxygen atoms in total. The van der Waals surface area contributed by atoms with E-state index in [1.54, 1.807) is 12.1 Å². The van der Waals surface area contributed by atoms with Crippen LogP contribution in [0.2, 0.25) is 10.0 Å². The molecule has 0 spiro atoms. The summed E-state index contributed by atoms with van der Waals surface area (Å²) < 4.78 is 27.0. The summed E-state index contributed by atoms with van der Waals surface area (Å²) in [5.41, 5.74) is 0.882. The molecule has 144 valence electrons. The maximum Gasteiger partial charge on any atom is 0.238 e. The normalized spacial score (nSPS) is 15.7. The van der Waals surface area contributed by atoms with Crippen LogP contribution in [0.5, 0.6) is 0 Å². The summed E-state index contributed by atoms with van der Waals surface area (Å²) in [7, 11) is 0. The van der Waals surface area contributed by atoms with Crippen LogP contribution in [0.4, 0.5) is 14.5 Å². The highest BCUT2D eigenvalue weighted by atomic mass is 35.5. The van der Waals surface area contributed by atoms with E-state index in [0.29, 0.717) is 49.0 Å². The van der Waals surface area contributed by atoms with Crippen molar-refractivity contribution in [1.82, 2.24) is 9.80 Å². The highest BCUT2D eigenvalue weighted by Gasteiger charge is 2.21. The molecule has 0 aliphatic carbocycles. The third-order valence-corrected chi connectivity index (χ3v) is 5.15. The summed E-state index contributed by atoms with van der Waals surface area (Å²) in [6, 6.07) is 8.51. The lowest BCUT2D eigenvalue weighted by Crippen LogP contribution is -2.48. The summed E-state index contributed by atoms with van der Waals surface area (Å²) in [6.07, 6.45) is 0. The molecule has 2 aromatic rings. The quantitative estimate of drug-likeness (QED) is 0.803. The highest BCUT2D eigenvalue weighted by Crippen LogP contribution is 2.23. The second kappa shape index (κ2) is 8.97. The molecular formula is C19H19Cl2F2N3O. The standard InChI is InChI=1S/C19H19Cl2F2N3O/c20-15-2-1-3-17(23)14(15)11-25-6-8-26(9-7-25)12-19(27)24-18-5-4-13(22)10-16(18)21/h1-5,10H,6-9,11-12H2,(H,24,27). The van der Waals surface area contributed by atoms with Crippen LogP contribution in [0.15, 0.2) is 36.4 Å². The number of carbonyl (C=O) groups excluding carboxylic acids is 1. The Morgan fingerprint density at radius 2 is 1.70 bits per heavy atom. The number of nitrogens with zero attached hydrogens (tertiary/aromatic N) is 2. The first-order valence-corrected chi connectivity index (χ1v) is 9.30. The Morgan fingerprint density at radius 3 is 2.37 bits per heavy atom. The number of carbonyl (C=O) groups is 1. The summed E-state index contributed by atoms with van der Waals surface area (Å²) >= 11 is 12.0. The van der Waals surface area contributed by atoms with Crippen molar-refractivity contribution in [3.8, 4) is 0 Å². The molecule has 1 aliphatic heterocycles. The number of hydrogen-bond acceptors (Lipinski definition) is 3. The Labute approximate surface area is 166 Å². The van der Waals surface area contributed by atoms with Crippen LogP contribution in [0.3, 0.4) is 0 Å². The van der Waals surface area contributed by atoms with Gasteiger partial charge in [0.05, 0.1) is 17.3 Å². The van der Waals surface area contributed by atoms with Crippen molar-refractivity contribution >= 4 is 34.8 Å². The zero-order valence-corrected chi connectivity index (χ0v) is 16.0. The van der Waals surface area contributed by atoms with E-state index in [-0.39, 0.29) is 23.3 Å². The van der Waals surface area contributed by atoms with Gasteiger partial charge in [0.1, 0.15) is 11.6 Å². The van der Waals surface area contributed by atoms with Gasteiger partial charge in [0, 0.05) is 43.3 Å². The van der Waals surface area contributed by atoms with Gasteiger partial charge < -0.3 is 5.32 Å². The zero-order valence-electron chi connectivity index (χ0n) is 14.5. The van der Waals surface area contributed by atoms with Crippen LogP contribution in [0, 0.1) is 11.6 Å². The summed E-state index contributed by atoms with van der Waals surface area (Å²) in [4.78, 5) is 16.3. The minimum absolute atomic E-state index is 0.162. The second-order valence-electron chi connectivity index (χ2n) is 6.42. The van der Waals surface area contributed by atoms with Gasteiger partial charge in [-0.05, 0) is 30.3 Å². The van der Waals surface area contributed by atoms with Crippen LogP contribution >= 0.6 is 23.2 Å². The van der Waals surface area contributed by atoms with Crippen LogP contribution < -0.4 is 5.32 Å². The van der Waals surface area contributed by atoms with Crippen molar-refractivity contribution in [2.75, 3.05) is 38.0 Å². The Balaban J connectivity index is 1.48. The number of anilines is 1. The van der Waals surface area contributed by atoms with Gasteiger partial charge in [0.2, 0.25) is 5.91 Å².